The van der Waals surface area contributed by atoms with E-state index in [9.17, 15) is 19.8 Å². The molecule has 0 aromatic rings. The first-order valence-electron chi connectivity index (χ1n) is 32.3. The van der Waals surface area contributed by atoms with E-state index < -0.39 is 12.1 Å². The van der Waals surface area contributed by atoms with Crippen molar-refractivity contribution >= 4 is 11.9 Å². The summed E-state index contributed by atoms with van der Waals surface area (Å²) < 4.78 is 5.49. The van der Waals surface area contributed by atoms with Crippen LogP contribution in [0, 0.1) is 0 Å². The molecule has 2 unspecified atom stereocenters. The lowest BCUT2D eigenvalue weighted by molar-refractivity contribution is -0.143. The number of esters is 1. The molecule has 0 saturated carbocycles. The highest BCUT2D eigenvalue weighted by molar-refractivity contribution is 5.76. The van der Waals surface area contributed by atoms with Gasteiger partial charge in [0, 0.05) is 12.8 Å². The molecule has 6 heteroatoms. The molecule has 0 bridgehead atoms. The van der Waals surface area contributed by atoms with Crippen molar-refractivity contribution in [3.05, 3.63) is 36.5 Å². The van der Waals surface area contributed by atoms with E-state index in [-0.39, 0.29) is 18.5 Å². The van der Waals surface area contributed by atoms with Gasteiger partial charge in [-0.1, -0.05) is 307 Å². The van der Waals surface area contributed by atoms with E-state index in [1.54, 1.807) is 6.08 Å². The summed E-state index contributed by atoms with van der Waals surface area (Å²) in [5.74, 6) is -0.0631. The number of allylic oxidation sites excluding steroid dienone is 5. The van der Waals surface area contributed by atoms with E-state index in [0.29, 0.717) is 19.4 Å². The third-order valence-corrected chi connectivity index (χ3v) is 14.9. The van der Waals surface area contributed by atoms with Crippen molar-refractivity contribution in [2.45, 2.75) is 360 Å². The molecule has 0 aliphatic heterocycles. The summed E-state index contributed by atoms with van der Waals surface area (Å²) in [6.07, 6.45) is 77.6. The Hall–Kier alpha value is -1.92. The summed E-state index contributed by atoms with van der Waals surface area (Å²) >= 11 is 0. The smallest absolute Gasteiger partial charge is 0.305 e. The number of carbonyl (C=O) groups excluding carboxylic acids is 2. The second kappa shape index (κ2) is 61.6. The molecule has 2 atom stereocenters. The van der Waals surface area contributed by atoms with Crippen LogP contribution in [-0.4, -0.2) is 47.4 Å². The summed E-state index contributed by atoms with van der Waals surface area (Å²) in [4.78, 5) is 24.6. The third kappa shape index (κ3) is 57.4. The minimum Gasteiger partial charge on any atom is -0.466 e. The van der Waals surface area contributed by atoms with Gasteiger partial charge in [-0.2, -0.15) is 0 Å². The number of unbranched alkanes of at least 4 members (excludes halogenated alkanes) is 45. The van der Waals surface area contributed by atoms with Crippen LogP contribution in [0.5, 0.6) is 0 Å². The Morgan fingerprint density at radius 1 is 0.389 bits per heavy atom. The fraction of sp³-hybridized carbons (Fsp3) is 0.879. The predicted octanol–water partition coefficient (Wildman–Crippen LogP) is 20.4. The Bertz CT molecular complexity index is 1170. The number of hydrogen-bond donors (Lipinski definition) is 3. The van der Waals surface area contributed by atoms with Gasteiger partial charge in [0.25, 0.3) is 0 Å². The van der Waals surface area contributed by atoms with Crippen LogP contribution in [0.25, 0.3) is 0 Å². The highest BCUT2D eigenvalue weighted by Crippen LogP contribution is 2.18. The maximum absolute atomic E-state index is 12.5. The van der Waals surface area contributed by atoms with Gasteiger partial charge in [-0.15, -0.1) is 0 Å². The first-order chi connectivity index (χ1) is 35.5. The highest BCUT2D eigenvalue weighted by atomic mass is 16.5. The van der Waals surface area contributed by atoms with E-state index in [2.05, 4.69) is 43.5 Å². The molecule has 6 nitrogen and oxygen atoms in total. The maximum atomic E-state index is 12.5. The largest absolute Gasteiger partial charge is 0.466 e. The lowest BCUT2D eigenvalue weighted by atomic mass is 10.0. The summed E-state index contributed by atoms with van der Waals surface area (Å²) in [7, 11) is 0. The molecule has 424 valence electrons. The SMILES string of the molecule is CCCCC/C=C\C/C=C\CCCCCCCCCC(=O)OCCCCCCCCCCCCCCCCCCCCCCCC(=O)NC(CO)C(O)/C=C/CCCCCCCCCCCCCCCCC. The normalized spacial score (nSPS) is 12.8. The Kier molecular flexibility index (Phi) is 60.0. The Morgan fingerprint density at radius 3 is 1.08 bits per heavy atom. The van der Waals surface area contributed by atoms with Crippen LogP contribution in [0.4, 0.5) is 0 Å². The van der Waals surface area contributed by atoms with Gasteiger partial charge >= 0.3 is 5.97 Å². The van der Waals surface area contributed by atoms with Gasteiger partial charge in [0.05, 0.1) is 25.4 Å². The number of carbonyl (C=O) groups is 2. The lowest BCUT2D eigenvalue weighted by Crippen LogP contribution is -2.45. The quantitative estimate of drug-likeness (QED) is 0.0320. The van der Waals surface area contributed by atoms with Crippen LogP contribution in [0.1, 0.15) is 348 Å². The van der Waals surface area contributed by atoms with Crippen molar-refractivity contribution in [3.8, 4) is 0 Å². The van der Waals surface area contributed by atoms with E-state index in [4.69, 9.17) is 4.74 Å². The van der Waals surface area contributed by atoms with Crippen molar-refractivity contribution in [2.75, 3.05) is 13.2 Å². The summed E-state index contributed by atoms with van der Waals surface area (Å²) in [5, 5.41) is 23.2. The zero-order chi connectivity index (χ0) is 52.2. The summed E-state index contributed by atoms with van der Waals surface area (Å²) in [6, 6.07) is -0.629. The molecule has 72 heavy (non-hydrogen) atoms. The van der Waals surface area contributed by atoms with Crippen molar-refractivity contribution in [1.82, 2.24) is 5.32 Å². The highest BCUT2D eigenvalue weighted by Gasteiger charge is 2.18. The molecular formula is C66H125NO5. The van der Waals surface area contributed by atoms with E-state index >= 15 is 0 Å². The monoisotopic (exact) mass is 1010 g/mol. The lowest BCUT2D eigenvalue weighted by Gasteiger charge is -2.20. The van der Waals surface area contributed by atoms with Gasteiger partial charge < -0.3 is 20.3 Å². The van der Waals surface area contributed by atoms with Crippen molar-refractivity contribution in [2.24, 2.45) is 0 Å². The van der Waals surface area contributed by atoms with E-state index in [1.165, 1.54) is 270 Å². The van der Waals surface area contributed by atoms with Crippen LogP contribution < -0.4 is 5.32 Å². The minimum atomic E-state index is -0.846. The number of rotatable bonds is 60. The van der Waals surface area contributed by atoms with Crippen LogP contribution in [-0.2, 0) is 14.3 Å². The van der Waals surface area contributed by atoms with Crippen molar-refractivity contribution in [3.63, 3.8) is 0 Å². The summed E-state index contributed by atoms with van der Waals surface area (Å²) in [5.41, 5.74) is 0. The number of aliphatic hydroxyl groups is 2. The van der Waals surface area contributed by atoms with Gasteiger partial charge in [-0.3, -0.25) is 9.59 Å². The van der Waals surface area contributed by atoms with Crippen LogP contribution in [0.2, 0.25) is 0 Å². The molecule has 1 amide bonds. The second-order valence-corrected chi connectivity index (χ2v) is 22.1. The first-order valence-corrected chi connectivity index (χ1v) is 32.3. The molecule has 0 rings (SSSR count). The van der Waals surface area contributed by atoms with Gasteiger partial charge in [-0.05, 0) is 64.2 Å². The maximum Gasteiger partial charge on any atom is 0.305 e. The topological polar surface area (TPSA) is 95.9 Å². The third-order valence-electron chi connectivity index (χ3n) is 14.9. The van der Waals surface area contributed by atoms with Gasteiger partial charge in [0.2, 0.25) is 5.91 Å². The number of ether oxygens (including phenoxy) is 1. The van der Waals surface area contributed by atoms with Crippen LogP contribution >= 0.6 is 0 Å². The molecule has 0 heterocycles. The van der Waals surface area contributed by atoms with Crippen LogP contribution in [0.3, 0.4) is 0 Å². The number of hydrogen-bond acceptors (Lipinski definition) is 5. The van der Waals surface area contributed by atoms with Gasteiger partial charge in [-0.25, -0.2) is 0 Å². The summed E-state index contributed by atoms with van der Waals surface area (Å²) in [6.45, 7) is 4.89. The molecule has 0 radical (unpaired) electrons. The fourth-order valence-electron chi connectivity index (χ4n) is 9.96. The van der Waals surface area contributed by atoms with Crippen LogP contribution in [0.15, 0.2) is 36.5 Å². The first kappa shape index (κ1) is 70.1. The predicted molar refractivity (Wildman–Crippen MR) is 315 cm³/mol. The zero-order valence-corrected chi connectivity index (χ0v) is 48.4. The molecular weight excluding hydrogens is 887 g/mol. The number of amides is 1. The van der Waals surface area contributed by atoms with Crippen molar-refractivity contribution < 1.29 is 24.5 Å². The molecule has 0 aliphatic carbocycles. The minimum absolute atomic E-state index is 0.00387. The molecule has 3 N–H and O–H groups in total. The Morgan fingerprint density at radius 2 is 0.694 bits per heavy atom. The number of aliphatic hydroxyl groups excluding tert-OH is 2. The number of nitrogens with one attached hydrogen (secondary N) is 1. The van der Waals surface area contributed by atoms with Gasteiger partial charge in [0.1, 0.15) is 0 Å². The standard InChI is InChI=1S/C66H125NO5/c1-3-5-7-9-11-13-15-17-19-26-30-34-38-42-46-50-54-58-64(69)63(62-68)67-65(70)59-55-51-47-43-39-35-31-28-24-22-21-23-25-29-33-37-41-45-49-53-57-61-72-66(71)60-56-52-48-44-40-36-32-27-20-18-16-14-12-10-8-6-4-2/h12,14,18,20,54,58,63-64,68-69H,3-11,13,15-17,19,21-53,55-57,59-62H2,1-2H3,(H,67,70)/b14-12-,20-18-,58-54+. The Balaban J connectivity index is 3.41. The fourth-order valence-corrected chi connectivity index (χ4v) is 9.96. The molecule has 0 aliphatic rings. The van der Waals surface area contributed by atoms with E-state index in [1.807, 2.05) is 6.08 Å². The van der Waals surface area contributed by atoms with Crippen molar-refractivity contribution in [1.29, 1.82) is 0 Å². The zero-order valence-electron chi connectivity index (χ0n) is 48.4. The molecule has 0 saturated heterocycles. The average Bonchev–Trinajstić information content (AvgIpc) is 3.38. The van der Waals surface area contributed by atoms with Gasteiger partial charge in [0.15, 0.2) is 0 Å². The molecule has 0 aromatic carbocycles. The molecule has 0 fully saturated rings. The Labute approximate surface area is 449 Å². The molecule has 0 spiro atoms. The molecule has 0 aromatic heterocycles. The van der Waals surface area contributed by atoms with E-state index in [0.717, 1.165) is 51.4 Å². The second-order valence-electron chi connectivity index (χ2n) is 22.1. The average molecular weight is 1010 g/mol.